The fourth-order valence-corrected chi connectivity index (χ4v) is 2.06. The van der Waals surface area contributed by atoms with E-state index < -0.39 is 6.10 Å². The molecule has 0 radical (unpaired) electrons. The van der Waals surface area contributed by atoms with Crippen molar-refractivity contribution in [2.45, 2.75) is 18.9 Å². The first-order chi connectivity index (χ1) is 8.77. The van der Waals surface area contributed by atoms with Crippen LogP contribution in [0.5, 0.6) is 11.5 Å². The number of methoxy groups -OCH3 is 2. The Hall–Kier alpha value is -1.68. The molecule has 4 nitrogen and oxygen atoms in total. The topological polar surface area (TPSA) is 47.9 Å². The summed E-state index contributed by atoms with van der Waals surface area (Å²) in [5.41, 5.74) is 0.607. The van der Waals surface area contributed by atoms with Gasteiger partial charge in [0.2, 0.25) is 0 Å². The number of aliphatic hydroxyl groups is 1. The first kappa shape index (κ1) is 12.8. The summed E-state index contributed by atoms with van der Waals surface area (Å²) in [6.07, 6.45) is 2.97. The van der Waals surface area contributed by atoms with Gasteiger partial charge in [-0.15, -0.1) is 0 Å². The minimum Gasteiger partial charge on any atom is -0.496 e. The van der Waals surface area contributed by atoms with Crippen molar-refractivity contribution in [3.8, 4) is 11.5 Å². The first-order valence-corrected chi connectivity index (χ1v) is 5.99. The number of hydrogen-bond donors (Lipinski definition) is 1. The molecule has 1 N–H and O–H groups in total. The lowest BCUT2D eigenvalue weighted by Gasteiger charge is -2.23. The highest BCUT2D eigenvalue weighted by Gasteiger charge is 2.24. The van der Waals surface area contributed by atoms with Gasteiger partial charge in [-0.3, -0.25) is 0 Å². The molecule has 1 aromatic carbocycles. The average Bonchev–Trinajstić information content (AvgIpc) is 2.46. The molecular weight excluding hydrogens is 232 g/mol. The number of hydrogen-bond acceptors (Lipinski definition) is 4. The van der Waals surface area contributed by atoms with Gasteiger partial charge in [0.15, 0.2) is 0 Å². The van der Waals surface area contributed by atoms with E-state index in [9.17, 15) is 5.11 Å². The zero-order valence-electron chi connectivity index (χ0n) is 10.7. The van der Waals surface area contributed by atoms with Crippen LogP contribution in [0, 0.1) is 0 Å². The lowest BCUT2D eigenvalue weighted by atomic mass is 10.0. The fourth-order valence-electron chi connectivity index (χ4n) is 2.06. The van der Waals surface area contributed by atoms with Crippen molar-refractivity contribution in [1.82, 2.24) is 0 Å². The van der Waals surface area contributed by atoms with Gasteiger partial charge in [0, 0.05) is 0 Å². The van der Waals surface area contributed by atoms with Crippen molar-refractivity contribution in [2.24, 2.45) is 0 Å². The average molecular weight is 250 g/mol. The van der Waals surface area contributed by atoms with Crippen molar-refractivity contribution >= 4 is 0 Å². The molecule has 1 aliphatic rings. The van der Waals surface area contributed by atoms with Gasteiger partial charge in [0.1, 0.15) is 23.4 Å². The molecule has 18 heavy (non-hydrogen) atoms. The molecule has 0 amide bonds. The molecular formula is C14H18O4. The number of ether oxygens (including phenoxy) is 3. The van der Waals surface area contributed by atoms with Crippen LogP contribution >= 0.6 is 0 Å². The molecule has 0 aromatic heterocycles. The Labute approximate surface area is 107 Å². The summed E-state index contributed by atoms with van der Waals surface area (Å²) < 4.78 is 16.0. The smallest absolute Gasteiger partial charge is 0.143 e. The lowest BCUT2D eigenvalue weighted by molar-refractivity contribution is 0.0885. The summed E-state index contributed by atoms with van der Waals surface area (Å²) >= 11 is 0. The molecule has 0 saturated heterocycles. The number of allylic oxidation sites excluding steroid dienone is 1. The van der Waals surface area contributed by atoms with Gasteiger partial charge in [-0.1, -0.05) is 6.07 Å². The summed E-state index contributed by atoms with van der Waals surface area (Å²) in [6, 6.07) is 5.42. The summed E-state index contributed by atoms with van der Waals surface area (Å²) in [5.74, 6) is 1.76. The Bertz CT molecular complexity index is 417. The second-order valence-corrected chi connectivity index (χ2v) is 4.08. The maximum Gasteiger partial charge on any atom is 0.143 e. The largest absolute Gasteiger partial charge is 0.496 e. The van der Waals surface area contributed by atoms with Gasteiger partial charge in [-0.25, -0.2) is 0 Å². The standard InChI is InChI=1S/C14H18O4/c1-16-10-7-5-8-11(17-2)13(10)14(15)12-6-3-4-9-18-12/h5-8,14-15H,3-4,9H2,1-2H3. The Kier molecular flexibility index (Phi) is 4.10. The molecule has 1 aromatic rings. The van der Waals surface area contributed by atoms with Crippen molar-refractivity contribution in [3.63, 3.8) is 0 Å². The van der Waals surface area contributed by atoms with Crippen LogP contribution in [-0.4, -0.2) is 25.9 Å². The lowest BCUT2D eigenvalue weighted by Crippen LogP contribution is -2.12. The maximum atomic E-state index is 10.4. The van der Waals surface area contributed by atoms with Crippen LogP contribution in [-0.2, 0) is 4.74 Å². The van der Waals surface area contributed by atoms with Crippen LogP contribution in [0.15, 0.2) is 30.0 Å². The third-order valence-corrected chi connectivity index (χ3v) is 2.97. The molecule has 4 heteroatoms. The van der Waals surface area contributed by atoms with Crippen molar-refractivity contribution < 1.29 is 19.3 Å². The molecule has 1 unspecified atom stereocenters. The summed E-state index contributed by atoms with van der Waals surface area (Å²) in [7, 11) is 3.14. The summed E-state index contributed by atoms with van der Waals surface area (Å²) in [4.78, 5) is 0. The quantitative estimate of drug-likeness (QED) is 0.891. The molecule has 0 saturated carbocycles. The van der Waals surface area contributed by atoms with Crippen LogP contribution in [0.25, 0.3) is 0 Å². The van der Waals surface area contributed by atoms with E-state index in [-0.39, 0.29) is 0 Å². The van der Waals surface area contributed by atoms with Crippen LogP contribution in [0.4, 0.5) is 0 Å². The Morgan fingerprint density at radius 2 is 1.89 bits per heavy atom. The minimum atomic E-state index is -0.851. The molecule has 1 aliphatic heterocycles. The third kappa shape index (κ3) is 2.43. The van der Waals surface area contributed by atoms with Gasteiger partial charge in [0.05, 0.1) is 26.4 Å². The summed E-state index contributed by atoms with van der Waals surface area (Å²) in [5, 5.41) is 10.4. The van der Waals surface area contributed by atoms with E-state index in [1.165, 1.54) is 0 Å². The van der Waals surface area contributed by atoms with E-state index in [1.807, 2.05) is 12.1 Å². The van der Waals surface area contributed by atoms with Crippen molar-refractivity contribution in [2.75, 3.05) is 20.8 Å². The molecule has 2 rings (SSSR count). The molecule has 98 valence electrons. The highest BCUT2D eigenvalue weighted by molar-refractivity contribution is 5.48. The highest BCUT2D eigenvalue weighted by Crippen LogP contribution is 2.38. The fraction of sp³-hybridized carbons (Fsp3) is 0.429. The molecule has 0 bridgehead atoms. The number of aliphatic hydroxyl groups excluding tert-OH is 1. The monoisotopic (exact) mass is 250 g/mol. The predicted octanol–water partition coefficient (Wildman–Crippen LogP) is 2.43. The maximum absolute atomic E-state index is 10.4. The van der Waals surface area contributed by atoms with E-state index in [2.05, 4.69) is 0 Å². The SMILES string of the molecule is COc1cccc(OC)c1C(O)C1=CCCCO1. The Morgan fingerprint density at radius 1 is 1.22 bits per heavy atom. The molecule has 1 heterocycles. The third-order valence-electron chi connectivity index (χ3n) is 2.97. The van der Waals surface area contributed by atoms with Crippen molar-refractivity contribution in [3.05, 3.63) is 35.6 Å². The van der Waals surface area contributed by atoms with Crippen LogP contribution in [0.2, 0.25) is 0 Å². The van der Waals surface area contributed by atoms with Gasteiger partial charge in [-0.05, 0) is 31.1 Å². The van der Waals surface area contributed by atoms with E-state index in [0.717, 1.165) is 12.8 Å². The van der Waals surface area contributed by atoms with Crippen LogP contribution < -0.4 is 9.47 Å². The zero-order chi connectivity index (χ0) is 13.0. The van der Waals surface area contributed by atoms with E-state index in [1.54, 1.807) is 26.4 Å². The first-order valence-electron chi connectivity index (χ1n) is 5.99. The van der Waals surface area contributed by atoms with Crippen molar-refractivity contribution in [1.29, 1.82) is 0 Å². The second-order valence-electron chi connectivity index (χ2n) is 4.08. The Morgan fingerprint density at radius 3 is 2.39 bits per heavy atom. The highest BCUT2D eigenvalue weighted by atomic mass is 16.5. The van der Waals surface area contributed by atoms with Crippen LogP contribution in [0.1, 0.15) is 24.5 Å². The molecule has 0 spiro atoms. The normalized spacial score (nSPS) is 16.5. The zero-order valence-corrected chi connectivity index (χ0v) is 10.7. The molecule has 0 fully saturated rings. The van der Waals surface area contributed by atoms with E-state index in [0.29, 0.717) is 29.4 Å². The summed E-state index contributed by atoms with van der Waals surface area (Å²) in [6.45, 7) is 0.639. The molecule has 0 aliphatic carbocycles. The van der Waals surface area contributed by atoms with E-state index in [4.69, 9.17) is 14.2 Å². The number of benzene rings is 1. The predicted molar refractivity (Wildman–Crippen MR) is 67.8 cm³/mol. The minimum absolute atomic E-state index is 0.573. The van der Waals surface area contributed by atoms with Gasteiger partial charge < -0.3 is 19.3 Å². The van der Waals surface area contributed by atoms with Gasteiger partial charge >= 0.3 is 0 Å². The molecule has 1 atom stereocenters. The van der Waals surface area contributed by atoms with Crippen LogP contribution in [0.3, 0.4) is 0 Å². The number of rotatable bonds is 4. The Balaban J connectivity index is 2.38. The van der Waals surface area contributed by atoms with Gasteiger partial charge in [-0.2, -0.15) is 0 Å². The van der Waals surface area contributed by atoms with E-state index >= 15 is 0 Å². The second kappa shape index (κ2) is 5.78. The van der Waals surface area contributed by atoms with Gasteiger partial charge in [0.25, 0.3) is 0 Å².